The molecule has 0 saturated carbocycles. The first-order chi connectivity index (χ1) is 9.03. The molecule has 7 nitrogen and oxygen atoms in total. The molecular weight excluding hydrogens is 246 g/mol. The quantitative estimate of drug-likeness (QED) is 0.631. The van der Waals surface area contributed by atoms with Gasteiger partial charge >= 0.3 is 0 Å². The van der Waals surface area contributed by atoms with Crippen molar-refractivity contribution in [1.82, 2.24) is 10.3 Å². The summed E-state index contributed by atoms with van der Waals surface area (Å²) >= 11 is 0. The lowest BCUT2D eigenvalue weighted by atomic mass is 10.0. The van der Waals surface area contributed by atoms with Gasteiger partial charge in [0.25, 0.3) is 11.8 Å². The van der Waals surface area contributed by atoms with Crippen LogP contribution in [0, 0.1) is 0 Å². The van der Waals surface area contributed by atoms with Gasteiger partial charge in [-0.25, -0.2) is 0 Å². The summed E-state index contributed by atoms with van der Waals surface area (Å²) in [6.07, 6.45) is 4.46. The average Bonchev–Trinajstić information content (AvgIpc) is 2.40. The Labute approximate surface area is 109 Å². The number of aromatic nitrogens is 1. The van der Waals surface area contributed by atoms with Gasteiger partial charge in [-0.2, -0.15) is 0 Å². The molecule has 1 aliphatic heterocycles. The maximum atomic E-state index is 11.7. The molecule has 98 valence electrons. The Bertz CT molecular complexity index is 567. The van der Waals surface area contributed by atoms with Gasteiger partial charge in [0.1, 0.15) is 5.70 Å². The number of nitrogens with one attached hydrogen (secondary N) is 1. The average molecular weight is 259 g/mol. The first kappa shape index (κ1) is 12.7. The first-order valence-electron chi connectivity index (χ1n) is 5.57. The highest BCUT2D eigenvalue weighted by molar-refractivity contribution is 5.99. The van der Waals surface area contributed by atoms with Gasteiger partial charge in [0, 0.05) is 24.5 Å². The third kappa shape index (κ3) is 2.59. The lowest BCUT2D eigenvalue weighted by molar-refractivity contribution is -0.124. The molecule has 19 heavy (non-hydrogen) atoms. The minimum absolute atomic E-state index is 0.0877. The Morgan fingerprint density at radius 3 is 2.68 bits per heavy atom. The van der Waals surface area contributed by atoms with Gasteiger partial charge in [0.15, 0.2) is 0 Å². The van der Waals surface area contributed by atoms with E-state index in [1.54, 1.807) is 24.4 Å². The summed E-state index contributed by atoms with van der Waals surface area (Å²) in [6, 6.07) is 5.28. The molecule has 1 aromatic rings. The Kier molecular flexibility index (Phi) is 3.28. The van der Waals surface area contributed by atoms with E-state index in [4.69, 9.17) is 11.5 Å². The molecule has 5 N–H and O–H groups in total. The second-order valence-electron chi connectivity index (χ2n) is 4.07. The molecule has 1 aliphatic rings. The molecule has 1 atom stereocenters. The van der Waals surface area contributed by atoms with E-state index in [9.17, 15) is 9.59 Å². The van der Waals surface area contributed by atoms with Gasteiger partial charge in [-0.15, -0.1) is 0 Å². The second kappa shape index (κ2) is 4.89. The summed E-state index contributed by atoms with van der Waals surface area (Å²) in [5.41, 5.74) is 9.85. The molecule has 0 radical (unpaired) electrons. The van der Waals surface area contributed by atoms with Crippen LogP contribution < -0.4 is 16.8 Å². The molecule has 0 bridgehead atoms. The fourth-order valence-electron chi connectivity index (χ4n) is 1.75. The monoisotopic (exact) mass is 259 g/mol. The van der Waals surface area contributed by atoms with E-state index in [1.165, 1.54) is 12.3 Å². The molecule has 2 heterocycles. The van der Waals surface area contributed by atoms with Crippen molar-refractivity contribution in [1.29, 1.82) is 0 Å². The molecule has 1 unspecified atom stereocenters. The van der Waals surface area contributed by atoms with Crippen molar-refractivity contribution in [3.63, 3.8) is 0 Å². The van der Waals surface area contributed by atoms with E-state index >= 15 is 0 Å². The molecule has 2 amide bonds. The van der Waals surface area contributed by atoms with Crippen LogP contribution in [-0.4, -0.2) is 28.7 Å². The van der Waals surface area contributed by atoms with Gasteiger partial charge in [-0.1, -0.05) is 6.07 Å². The summed E-state index contributed by atoms with van der Waals surface area (Å²) in [5, 5.41) is 2.69. The fraction of sp³-hybridized carbons (Fsp3) is 0.167. The first-order valence-corrected chi connectivity index (χ1v) is 5.57. The predicted molar refractivity (Wildman–Crippen MR) is 68.8 cm³/mol. The molecule has 2 rings (SSSR count). The Hall–Kier alpha value is -2.70. The summed E-state index contributed by atoms with van der Waals surface area (Å²) in [6.45, 7) is 0. The summed E-state index contributed by atoms with van der Waals surface area (Å²) in [7, 11) is 0. The van der Waals surface area contributed by atoms with E-state index in [0.717, 1.165) is 0 Å². The van der Waals surface area contributed by atoms with Crippen LogP contribution >= 0.6 is 0 Å². The van der Waals surface area contributed by atoms with Crippen LogP contribution in [-0.2, 0) is 16.0 Å². The molecule has 1 aromatic heterocycles. The normalized spacial score (nSPS) is 21.4. The van der Waals surface area contributed by atoms with Gasteiger partial charge in [-0.05, 0) is 18.2 Å². The van der Waals surface area contributed by atoms with Crippen LogP contribution in [0.5, 0.6) is 0 Å². The smallest absolute Gasteiger partial charge is 0.266 e. The zero-order chi connectivity index (χ0) is 13.9. The molecule has 0 fully saturated rings. The summed E-state index contributed by atoms with van der Waals surface area (Å²) < 4.78 is 0. The molecule has 0 aliphatic carbocycles. The number of pyridine rings is 1. The molecule has 0 aromatic carbocycles. The second-order valence-corrected chi connectivity index (χ2v) is 4.07. The standard InChI is InChI=1S/C12H13N5O2/c13-10(18)9-4-6-16-12(17-9,11(14)19)7-8-3-1-2-5-15-8/h1-6,17H,7H2,(H2,13,18)(H2,14,19). The molecular formula is C12H13N5O2. The van der Waals surface area contributed by atoms with Crippen LogP contribution in [0.2, 0.25) is 0 Å². The highest BCUT2D eigenvalue weighted by Crippen LogP contribution is 2.18. The lowest BCUT2D eigenvalue weighted by Gasteiger charge is -2.30. The number of hydrogen-bond acceptors (Lipinski definition) is 5. The van der Waals surface area contributed by atoms with Crippen molar-refractivity contribution in [2.24, 2.45) is 16.5 Å². The highest BCUT2D eigenvalue weighted by Gasteiger charge is 2.39. The van der Waals surface area contributed by atoms with E-state index in [1.807, 2.05) is 0 Å². The van der Waals surface area contributed by atoms with Crippen molar-refractivity contribution in [3.8, 4) is 0 Å². The van der Waals surface area contributed by atoms with Gasteiger partial charge in [0.2, 0.25) is 5.66 Å². The largest absolute Gasteiger partial charge is 0.366 e. The van der Waals surface area contributed by atoms with E-state index < -0.39 is 17.5 Å². The van der Waals surface area contributed by atoms with Crippen LogP contribution in [0.15, 0.2) is 41.2 Å². The van der Waals surface area contributed by atoms with Gasteiger partial charge in [-0.3, -0.25) is 19.6 Å². The minimum atomic E-state index is -1.44. The number of nitrogens with zero attached hydrogens (tertiary/aromatic N) is 2. The number of primary amides is 2. The maximum absolute atomic E-state index is 11.7. The predicted octanol–water partition coefficient (Wildman–Crippen LogP) is -1.15. The van der Waals surface area contributed by atoms with Crippen LogP contribution in [0.4, 0.5) is 0 Å². The van der Waals surface area contributed by atoms with Crippen molar-refractivity contribution in [2.45, 2.75) is 12.1 Å². The van der Waals surface area contributed by atoms with Crippen LogP contribution in [0.25, 0.3) is 0 Å². The number of amides is 2. The topological polar surface area (TPSA) is 123 Å². The Balaban J connectivity index is 2.31. The minimum Gasteiger partial charge on any atom is -0.366 e. The zero-order valence-electron chi connectivity index (χ0n) is 10.0. The number of carbonyl (C=O) groups excluding carboxylic acids is 2. The van der Waals surface area contributed by atoms with E-state index in [0.29, 0.717) is 5.69 Å². The third-order valence-corrected chi connectivity index (χ3v) is 2.71. The van der Waals surface area contributed by atoms with Gasteiger partial charge < -0.3 is 16.8 Å². The van der Waals surface area contributed by atoms with Crippen molar-refractivity contribution >= 4 is 18.0 Å². The van der Waals surface area contributed by atoms with Crippen molar-refractivity contribution < 1.29 is 9.59 Å². The molecule has 0 spiro atoms. The fourth-order valence-corrected chi connectivity index (χ4v) is 1.75. The number of nitrogens with two attached hydrogens (primary N) is 2. The van der Waals surface area contributed by atoms with E-state index in [-0.39, 0.29) is 12.1 Å². The third-order valence-electron chi connectivity index (χ3n) is 2.71. The van der Waals surface area contributed by atoms with Crippen molar-refractivity contribution in [3.05, 3.63) is 41.9 Å². The van der Waals surface area contributed by atoms with Crippen LogP contribution in [0.3, 0.4) is 0 Å². The summed E-state index contributed by atoms with van der Waals surface area (Å²) in [5.74, 6) is -1.39. The number of aliphatic imine (C=N–C) groups is 1. The van der Waals surface area contributed by atoms with Crippen LogP contribution in [0.1, 0.15) is 5.69 Å². The Morgan fingerprint density at radius 2 is 2.11 bits per heavy atom. The zero-order valence-corrected chi connectivity index (χ0v) is 10.0. The maximum Gasteiger partial charge on any atom is 0.266 e. The number of carbonyl (C=O) groups is 2. The summed E-state index contributed by atoms with van der Waals surface area (Å²) in [4.78, 5) is 31.0. The number of rotatable bonds is 4. The van der Waals surface area contributed by atoms with E-state index in [2.05, 4.69) is 15.3 Å². The molecule has 0 saturated heterocycles. The molecule has 7 heteroatoms. The SMILES string of the molecule is NC(=O)C1=CC=NC(Cc2ccccn2)(C(N)=O)N1. The number of hydrogen-bond donors (Lipinski definition) is 3. The Morgan fingerprint density at radius 1 is 1.32 bits per heavy atom. The number of allylic oxidation sites excluding steroid dienone is 1. The highest BCUT2D eigenvalue weighted by atomic mass is 16.2. The van der Waals surface area contributed by atoms with Crippen molar-refractivity contribution in [2.75, 3.05) is 0 Å². The lowest BCUT2D eigenvalue weighted by Crippen LogP contribution is -2.57. The van der Waals surface area contributed by atoms with Gasteiger partial charge in [0.05, 0.1) is 0 Å².